The van der Waals surface area contributed by atoms with Gasteiger partial charge in [0.1, 0.15) is 12.1 Å². The number of nitrogens with zero attached hydrogens (tertiary/aromatic N) is 1. The number of imide groups is 1. The van der Waals surface area contributed by atoms with Crippen LogP contribution in [-0.4, -0.2) is 42.1 Å². The molecule has 8 nitrogen and oxygen atoms in total. The maximum atomic E-state index is 12.4. The van der Waals surface area contributed by atoms with Crippen molar-refractivity contribution in [1.82, 2.24) is 5.32 Å². The molecule has 8 heteroatoms. The van der Waals surface area contributed by atoms with E-state index in [-0.39, 0.29) is 6.42 Å². The summed E-state index contributed by atoms with van der Waals surface area (Å²) in [6, 6.07) is 8.47. The summed E-state index contributed by atoms with van der Waals surface area (Å²) in [5.41, 5.74) is -0.299. The van der Waals surface area contributed by atoms with Crippen LogP contribution < -0.4 is 10.2 Å². The summed E-state index contributed by atoms with van der Waals surface area (Å²) in [5, 5.41) is 2.05. The minimum atomic E-state index is -1.17. The predicted molar refractivity (Wildman–Crippen MR) is 87.7 cm³/mol. The van der Waals surface area contributed by atoms with E-state index in [0.29, 0.717) is 5.69 Å². The molecule has 1 N–H and O–H groups in total. The monoisotopic (exact) mass is 348 g/mol. The normalized spacial score (nSPS) is 17.0. The molecule has 2 rings (SSSR count). The first kappa shape index (κ1) is 18.4. The molecule has 0 bridgehead atoms. The number of amides is 3. The Morgan fingerprint density at radius 1 is 1.20 bits per heavy atom. The van der Waals surface area contributed by atoms with E-state index >= 15 is 0 Å². The number of hydrogen-bond acceptors (Lipinski definition) is 6. The highest BCUT2D eigenvalue weighted by molar-refractivity contribution is 6.05. The van der Waals surface area contributed by atoms with E-state index in [4.69, 9.17) is 9.47 Å². The minimum Gasteiger partial charge on any atom is -0.450 e. The molecule has 1 aromatic rings. The van der Waals surface area contributed by atoms with E-state index in [9.17, 15) is 19.2 Å². The Kier molecular flexibility index (Phi) is 5.41. The highest BCUT2D eigenvalue weighted by Crippen LogP contribution is 2.18. The molecule has 1 aromatic carbocycles. The van der Waals surface area contributed by atoms with Crippen LogP contribution in [-0.2, 0) is 23.9 Å². The molecule has 0 aromatic heterocycles. The van der Waals surface area contributed by atoms with Gasteiger partial charge < -0.3 is 9.47 Å². The van der Waals surface area contributed by atoms with E-state index in [2.05, 4.69) is 5.32 Å². The van der Waals surface area contributed by atoms with Gasteiger partial charge in [0.05, 0.1) is 6.42 Å². The number of carbonyl (C=O) groups excluding carboxylic acids is 4. The van der Waals surface area contributed by atoms with Gasteiger partial charge in [-0.25, -0.2) is 4.79 Å². The summed E-state index contributed by atoms with van der Waals surface area (Å²) in [5.74, 6) is -1.98. The van der Waals surface area contributed by atoms with Crippen molar-refractivity contribution in [2.75, 3.05) is 11.4 Å². The number of hydrogen-bond donors (Lipinski definition) is 1. The molecule has 3 amide bonds. The van der Waals surface area contributed by atoms with Crippen molar-refractivity contribution in [3.05, 3.63) is 30.3 Å². The van der Waals surface area contributed by atoms with Crippen LogP contribution in [0.15, 0.2) is 30.3 Å². The van der Waals surface area contributed by atoms with Gasteiger partial charge in [-0.1, -0.05) is 18.2 Å². The van der Waals surface area contributed by atoms with Crippen molar-refractivity contribution in [2.45, 2.75) is 38.9 Å². The minimum absolute atomic E-state index is 0.220. The van der Waals surface area contributed by atoms with Crippen LogP contribution >= 0.6 is 0 Å². The average Bonchev–Trinajstić information content (AvgIpc) is 2.81. The highest BCUT2D eigenvalue weighted by atomic mass is 16.6. The number of ether oxygens (including phenoxy) is 2. The van der Waals surface area contributed by atoms with Gasteiger partial charge in [-0.3, -0.25) is 24.6 Å². The van der Waals surface area contributed by atoms with Gasteiger partial charge in [-0.05, 0) is 32.9 Å². The second kappa shape index (κ2) is 7.33. The van der Waals surface area contributed by atoms with E-state index in [1.165, 1.54) is 0 Å². The summed E-state index contributed by atoms with van der Waals surface area (Å²) < 4.78 is 10.3. The Hall–Kier alpha value is -2.90. The molecule has 1 saturated heterocycles. The van der Waals surface area contributed by atoms with Crippen LogP contribution in [0.5, 0.6) is 0 Å². The first-order valence-corrected chi connectivity index (χ1v) is 7.74. The fourth-order valence-corrected chi connectivity index (χ4v) is 2.14. The van der Waals surface area contributed by atoms with Crippen LogP contribution in [0, 0.1) is 0 Å². The number of anilines is 1. The zero-order valence-electron chi connectivity index (χ0n) is 14.3. The predicted octanol–water partition coefficient (Wildman–Crippen LogP) is 1.39. The third kappa shape index (κ3) is 5.30. The quantitative estimate of drug-likeness (QED) is 0.652. The number of para-hydroxylation sites is 1. The van der Waals surface area contributed by atoms with Gasteiger partial charge in [0, 0.05) is 5.69 Å². The average molecular weight is 348 g/mol. The molecule has 1 heterocycles. The summed E-state index contributed by atoms with van der Waals surface area (Å²) in [4.78, 5) is 48.3. The number of rotatable bonds is 4. The topological polar surface area (TPSA) is 102 Å². The van der Waals surface area contributed by atoms with Gasteiger partial charge in [0.2, 0.25) is 5.91 Å². The Bertz CT molecular complexity index is 680. The van der Waals surface area contributed by atoms with Crippen LogP contribution in [0.2, 0.25) is 0 Å². The smallest absolute Gasteiger partial charge is 0.415 e. The molecule has 0 spiro atoms. The van der Waals surface area contributed by atoms with Crippen LogP contribution in [0.3, 0.4) is 0 Å². The van der Waals surface area contributed by atoms with E-state index < -0.39 is 42.1 Å². The maximum Gasteiger partial charge on any atom is 0.415 e. The van der Waals surface area contributed by atoms with E-state index in [1.807, 2.05) is 0 Å². The zero-order valence-corrected chi connectivity index (χ0v) is 14.3. The molecule has 1 aliphatic heterocycles. The molecule has 25 heavy (non-hydrogen) atoms. The van der Waals surface area contributed by atoms with Gasteiger partial charge in [0.25, 0.3) is 5.91 Å². The Morgan fingerprint density at radius 3 is 2.36 bits per heavy atom. The molecule has 1 atom stereocenters. The van der Waals surface area contributed by atoms with Crippen molar-refractivity contribution >= 4 is 29.6 Å². The van der Waals surface area contributed by atoms with Crippen molar-refractivity contribution < 1.29 is 28.7 Å². The van der Waals surface area contributed by atoms with Crippen LogP contribution in [0.1, 0.15) is 27.2 Å². The Morgan fingerprint density at radius 2 is 1.84 bits per heavy atom. The number of esters is 1. The standard InChI is InChI=1S/C17H20N2O6/c1-17(2,3)25-16(23)19(11-7-5-4-6-8-11)10-14(21)24-12-9-13(20)18-15(12)22/h4-8,12H,9-10H2,1-3H3,(H,18,20,22)/t12-/m1/s1. The zero-order chi connectivity index (χ0) is 18.6. The van der Waals surface area contributed by atoms with Crippen molar-refractivity contribution in [3.8, 4) is 0 Å². The highest BCUT2D eigenvalue weighted by Gasteiger charge is 2.35. The molecule has 1 fully saturated rings. The fraction of sp³-hybridized carbons (Fsp3) is 0.412. The van der Waals surface area contributed by atoms with Crippen molar-refractivity contribution in [3.63, 3.8) is 0 Å². The van der Waals surface area contributed by atoms with Crippen LogP contribution in [0.25, 0.3) is 0 Å². The number of nitrogens with one attached hydrogen (secondary N) is 1. The molecular weight excluding hydrogens is 328 g/mol. The van der Waals surface area contributed by atoms with Gasteiger partial charge in [-0.15, -0.1) is 0 Å². The second-order valence-electron chi connectivity index (χ2n) is 6.50. The molecule has 1 aliphatic rings. The lowest BCUT2D eigenvalue weighted by Crippen LogP contribution is -2.41. The van der Waals surface area contributed by atoms with Crippen LogP contribution in [0.4, 0.5) is 10.5 Å². The molecular formula is C17H20N2O6. The molecule has 0 unspecified atom stereocenters. The lowest BCUT2D eigenvalue weighted by Gasteiger charge is -2.27. The first-order valence-electron chi connectivity index (χ1n) is 7.74. The fourth-order valence-electron chi connectivity index (χ4n) is 2.14. The molecule has 134 valence electrons. The number of carbonyl (C=O) groups is 4. The SMILES string of the molecule is CC(C)(C)OC(=O)N(CC(=O)O[C@@H]1CC(=O)NC1=O)c1ccccc1. The largest absolute Gasteiger partial charge is 0.450 e. The van der Waals surface area contributed by atoms with Crippen molar-refractivity contribution in [1.29, 1.82) is 0 Å². The van der Waals surface area contributed by atoms with Gasteiger partial charge in [0.15, 0.2) is 6.10 Å². The maximum absolute atomic E-state index is 12.4. The molecule has 0 saturated carbocycles. The lowest BCUT2D eigenvalue weighted by atomic mass is 10.2. The Labute approximate surface area is 145 Å². The summed E-state index contributed by atoms with van der Waals surface area (Å²) in [6.45, 7) is 4.68. The van der Waals surface area contributed by atoms with Gasteiger partial charge >= 0.3 is 12.1 Å². The third-order valence-electron chi connectivity index (χ3n) is 3.17. The summed E-state index contributed by atoms with van der Waals surface area (Å²) in [7, 11) is 0. The summed E-state index contributed by atoms with van der Waals surface area (Å²) in [6.07, 6.45) is -2.11. The molecule has 0 aliphatic carbocycles. The van der Waals surface area contributed by atoms with Gasteiger partial charge in [-0.2, -0.15) is 0 Å². The third-order valence-corrected chi connectivity index (χ3v) is 3.17. The number of benzene rings is 1. The van der Waals surface area contributed by atoms with E-state index in [1.54, 1.807) is 51.1 Å². The molecule has 0 radical (unpaired) electrons. The first-order chi connectivity index (χ1) is 11.7. The Balaban J connectivity index is 2.10. The lowest BCUT2D eigenvalue weighted by molar-refractivity contribution is -0.152. The van der Waals surface area contributed by atoms with Crippen molar-refractivity contribution in [2.24, 2.45) is 0 Å². The second-order valence-corrected chi connectivity index (χ2v) is 6.50. The van der Waals surface area contributed by atoms with E-state index in [0.717, 1.165) is 4.90 Å². The summed E-state index contributed by atoms with van der Waals surface area (Å²) >= 11 is 0.